The summed E-state index contributed by atoms with van der Waals surface area (Å²) in [5.41, 5.74) is 0.763. The molecule has 5 heteroatoms. The Morgan fingerprint density at radius 3 is 2.67 bits per heavy atom. The normalized spacial score (nSPS) is 16.6. The van der Waals surface area contributed by atoms with Gasteiger partial charge >= 0.3 is 6.03 Å². The third-order valence-electron chi connectivity index (χ3n) is 3.95. The highest BCUT2D eigenvalue weighted by molar-refractivity contribution is 7.10. The molecule has 0 aromatic carbocycles. The van der Waals surface area contributed by atoms with E-state index in [4.69, 9.17) is 0 Å². The molecule has 2 heterocycles. The molecule has 1 saturated carbocycles. The number of aromatic nitrogens is 1. The van der Waals surface area contributed by atoms with Crippen molar-refractivity contribution in [2.75, 3.05) is 5.32 Å². The summed E-state index contributed by atoms with van der Waals surface area (Å²) in [6.07, 6.45) is 8.25. The molecular weight excluding hydrogens is 282 g/mol. The van der Waals surface area contributed by atoms with Crippen molar-refractivity contribution in [2.45, 2.75) is 31.7 Å². The number of rotatable bonds is 4. The highest BCUT2D eigenvalue weighted by atomic mass is 32.1. The highest BCUT2D eigenvalue weighted by Gasteiger charge is 2.28. The minimum Gasteiger partial charge on any atom is -0.330 e. The molecule has 2 N–H and O–H groups in total. The van der Waals surface area contributed by atoms with Gasteiger partial charge in [-0.2, -0.15) is 0 Å². The zero-order valence-corrected chi connectivity index (χ0v) is 12.6. The molecule has 1 atom stereocenters. The Balaban J connectivity index is 1.68. The van der Waals surface area contributed by atoms with Crippen LogP contribution >= 0.6 is 11.3 Å². The number of nitrogens with zero attached hydrogens (tertiary/aromatic N) is 1. The highest BCUT2D eigenvalue weighted by Crippen LogP contribution is 2.37. The molecule has 110 valence electrons. The Bertz CT molecular complexity index is 564. The van der Waals surface area contributed by atoms with Crippen LogP contribution in [0.3, 0.4) is 0 Å². The van der Waals surface area contributed by atoms with Crippen LogP contribution in [0.15, 0.2) is 42.0 Å². The second-order valence-corrected chi connectivity index (χ2v) is 6.35. The van der Waals surface area contributed by atoms with Crippen LogP contribution in [-0.4, -0.2) is 11.0 Å². The molecule has 1 aliphatic rings. The van der Waals surface area contributed by atoms with Gasteiger partial charge in [0.2, 0.25) is 0 Å². The summed E-state index contributed by atoms with van der Waals surface area (Å²) in [4.78, 5) is 17.4. The average molecular weight is 301 g/mol. The van der Waals surface area contributed by atoms with Crippen molar-refractivity contribution in [3.8, 4) is 0 Å². The Morgan fingerprint density at radius 2 is 2.00 bits per heavy atom. The second kappa shape index (κ2) is 6.72. The van der Waals surface area contributed by atoms with E-state index in [0.717, 1.165) is 5.69 Å². The van der Waals surface area contributed by atoms with Gasteiger partial charge in [-0.15, -0.1) is 11.3 Å². The molecule has 2 amide bonds. The summed E-state index contributed by atoms with van der Waals surface area (Å²) in [5.74, 6) is 0.548. The van der Waals surface area contributed by atoms with Gasteiger partial charge in [0.25, 0.3) is 0 Å². The molecule has 0 radical (unpaired) electrons. The number of carbonyl (C=O) groups is 1. The van der Waals surface area contributed by atoms with E-state index in [9.17, 15) is 4.79 Å². The summed E-state index contributed by atoms with van der Waals surface area (Å²) in [7, 11) is 0. The maximum atomic E-state index is 12.2. The lowest BCUT2D eigenvalue weighted by Crippen LogP contribution is -2.35. The summed E-state index contributed by atoms with van der Waals surface area (Å²) in [6.45, 7) is 0. The number of urea groups is 1. The van der Waals surface area contributed by atoms with Gasteiger partial charge in [-0.3, -0.25) is 4.98 Å². The first-order chi connectivity index (χ1) is 10.3. The molecule has 0 aliphatic heterocycles. The summed E-state index contributed by atoms with van der Waals surface area (Å²) in [5, 5.41) is 8.09. The third-order valence-corrected chi connectivity index (χ3v) is 4.90. The Hall–Kier alpha value is -1.88. The Kier molecular flexibility index (Phi) is 4.50. The number of anilines is 1. The van der Waals surface area contributed by atoms with E-state index in [-0.39, 0.29) is 12.1 Å². The van der Waals surface area contributed by atoms with Gasteiger partial charge in [-0.1, -0.05) is 18.9 Å². The molecule has 1 aliphatic carbocycles. The molecule has 4 nitrogen and oxygen atoms in total. The van der Waals surface area contributed by atoms with Crippen LogP contribution in [-0.2, 0) is 0 Å². The first kappa shape index (κ1) is 14.1. The van der Waals surface area contributed by atoms with Gasteiger partial charge in [0, 0.05) is 23.0 Å². The SMILES string of the molecule is O=C(Nc1ccncc1)N[C@@H](c1cccs1)C1CCCC1. The molecule has 3 rings (SSSR count). The number of hydrogen-bond acceptors (Lipinski definition) is 3. The zero-order chi connectivity index (χ0) is 14.5. The fourth-order valence-corrected chi connectivity index (χ4v) is 3.79. The quantitative estimate of drug-likeness (QED) is 0.889. The van der Waals surface area contributed by atoms with Crippen molar-refractivity contribution < 1.29 is 4.79 Å². The van der Waals surface area contributed by atoms with Crippen LogP contribution in [0.5, 0.6) is 0 Å². The largest absolute Gasteiger partial charge is 0.330 e. The maximum absolute atomic E-state index is 12.2. The molecule has 2 aromatic heterocycles. The third kappa shape index (κ3) is 3.61. The monoisotopic (exact) mass is 301 g/mol. The number of pyridine rings is 1. The number of amides is 2. The molecule has 2 aromatic rings. The topological polar surface area (TPSA) is 54.0 Å². The number of carbonyl (C=O) groups excluding carboxylic acids is 1. The second-order valence-electron chi connectivity index (χ2n) is 5.37. The maximum Gasteiger partial charge on any atom is 0.319 e. The first-order valence-corrected chi connectivity index (χ1v) is 8.22. The van der Waals surface area contributed by atoms with Gasteiger partial charge in [0.05, 0.1) is 6.04 Å². The van der Waals surface area contributed by atoms with Crippen LogP contribution in [0.4, 0.5) is 10.5 Å². The number of nitrogens with one attached hydrogen (secondary N) is 2. The van der Waals surface area contributed by atoms with E-state index in [1.807, 2.05) is 6.07 Å². The molecule has 1 fully saturated rings. The predicted octanol–water partition coefficient (Wildman–Crippen LogP) is 4.20. The van der Waals surface area contributed by atoms with E-state index >= 15 is 0 Å². The Labute approximate surface area is 128 Å². The minimum absolute atomic E-state index is 0.120. The van der Waals surface area contributed by atoms with Gasteiger partial charge in [0.15, 0.2) is 0 Å². The van der Waals surface area contributed by atoms with E-state index in [1.165, 1.54) is 30.6 Å². The minimum atomic E-state index is -0.147. The molecular formula is C16H19N3OS. The first-order valence-electron chi connectivity index (χ1n) is 7.34. The lowest BCUT2D eigenvalue weighted by Gasteiger charge is -2.24. The lowest BCUT2D eigenvalue weighted by atomic mass is 9.97. The fourth-order valence-electron chi connectivity index (χ4n) is 2.92. The fraction of sp³-hybridized carbons (Fsp3) is 0.375. The zero-order valence-electron chi connectivity index (χ0n) is 11.8. The summed E-state index contributed by atoms with van der Waals surface area (Å²) >= 11 is 1.71. The van der Waals surface area contributed by atoms with Crippen LogP contribution in [0, 0.1) is 5.92 Å². The van der Waals surface area contributed by atoms with Crippen LogP contribution < -0.4 is 10.6 Å². The van der Waals surface area contributed by atoms with Crippen molar-refractivity contribution >= 4 is 23.1 Å². The van der Waals surface area contributed by atoms with E-state index in [1.54, 1.807) is 35.9 Å². The van der Waals surface area contributed by atoms with Crippen LogP contribution in [0.2, 0.25) is 0 Å². The standard InChI is InChI=1S/C16H19N3OS/c20-16(18-13-7-9-17-10-8-13)19-15(12-4-1-2-5-12)14-6-3-11-21-14/h3,6-12,15H,1-2,4-5H2,(H2,17,18,19,20)/t15-/m1/s1. The van der Waals surface area contributed by atoms with Crippen LogP contribution in [0.25, 0.3) is 0 Å². The van der Waals surface area contributed by atoms with Gasteiger partial charge < -0.3 is 10.6 Å². The molecule has 0 spiro atoms. The van der Waals surface area contributed by atoms with Crippen LogP contribution in [0.1, 0.15) is 36.6 Å². The van der Waals surface area contributed by atoms with E-state index in [0.29, 0.717) is 5.92 Å². The van der Waals surface area contributed by atoms with E-state index < -0.39 is 0 Å². The van der Waals surface area contributed by atoms with Crippen molar-refractivity contribution in [3.05, 3.63) is 46.9 Å². The van der Waals surface area contributed by atoms with E-state index in [2.05, 4.69) is 27.1 Å². The summed E-state index contributed by atoms with van der Waals surface area (Å²) in [6, 6.07) is 7.70. The van der Waals surface area contributed by atoms with Crippen molar-refractivity contribution in [1.29, 1.82) is 0 Å². The molecule has 0 saturated heterocycles. The van der Waals surface area contributed by atoms with Crippen molar-refractivity contribution in [3.63, 3.8) is 0 Å². The lowest BCUT2D eigenvalue weighted by molar-refractivity contribution is 0.243. The number of hydrogen-bond donors (Lipinski definition) is 2. The van der Waals surface area contributed by atoms with Gasteiger partial charge in [-0.25, -0.2) is 4.79 Å². The summed E-state index contributed by atoms with van der Waals surface area (Å²) < 4.78 is 0. The Morgan fingerprint density at radius 1 is 1.24 bits per heavy atom. The van der Waals surface area contributed by atoms with Gasteiger partial charge in [0.1, 0.15) is 0 Å². The molecule has 0 bridgehead atoms. The number of thiophene rings is 1. The average Bonchev–Trinajstić information content (AvgIpc) is 3.19. The van der Waals surface area contributed by atoms with Crippen molar-refractivity contribution in [2.24, 2.45) is 5.92 Å². The van der Waals surface area contributed by atoms with Gasteiger partial charge in [-0.05, 0) is 42.3 Å². The smallest absolute Gasteiger partial charge is 0.319 e. The van der Waals surface area contributed by atoms with Crippen molar-refractivity contribution in [1.82, 2.24) is 10.3 Å². The molecule has 21 heavy (non-hydrogen) atoms. The predicted molar refractivity (Wildman–Crippen MR) is 85.4 cm³/mol. The molecule has 0 unspecified atom stereocenters.